The maximum atomic E-state index is 12.7. The summed E-state index contributed by atoms with van der Waals surface area (Å²) in [4.78, 5) is 38.7. The zero-order chi connectivity index (χ0) is 19.1. The van der Waals surface area contributed by atoms with Crippen molar-refractivity contribution in [2.45, 2.75) is 57.2 Å². The number of hydrogen-bond donors (Lipinski definition) is 1. The number of amides is 2. The van der Waals surface area contributed by atoms with E-state index in [4.69, 9.17) is 4.74 Å². The lowest BCUT2D eigenvalue weighted by atomic mass is 9.88. The van der Waals surface area contributed by atoms with Gasteiger partial charge in [0.2, 0.25) is 0 Å². The summed E-state index contributed by atoms with van der Waals surface area (Å²) in [5.74, 6) is -0.370. The third-order valence-electron chi connectivity index (χ3n) is 5.79. The van der Waals surface area contributed by atoms with Gasteiger partial charge in [0.05, 0.1) is 18.7 Å². The Hall–Kier alpha value is -2.63. The third-order valence-corrected chi connectivity index (χ3v) is 5.79. The van der Waals surface area contributed by atoms with Crippen molar-refractivity contribution in [1.29, 1.82) is 0 Å². The number of benzene rings is 1. The van der Waals surface area contributed by atoms with E-state index < -0.39 is 0 Å². The van der Waals surface area contributed by atoms with Gasteiger partial charge in [0, 0.05) is 17.6 Å². The van der Waals surface area contributed by atoms with Crippen molar-refractivity contribution in [3.05, 3.63) is 41.0 Å². The first-order valence-electron chi connectivity index (χ1n) is 9.51. The molecule has 1 saturated heterocycles. The lowest BCUT2D eigenvalue weighted by molar-refractivity contribution is -0.136. The Labute approximate surface area is 158 Å². The summed E-state index contributed by atoms with van der Waals surface area (Å²) in [6, 6.07) is 7.38. The molecule has 2 bridgehead atoms. The van der Waals surface area contributed by atoms with Crippen LogP contribution in [0.25, 0.3) is 5.57 Å². The number of carbonyl (C=O) groups excluding carboxylic acids is 3. The van der Waals surface area contributed by atoms with Gasteiger partial charge in [-0.25, -0.2) is 9.59 Å². The van der Waals surface area contributed by atoms with Crippen LogP contribution in [0, 0.1) is 0 Å². The van der Waals surface area contributed by atoms with E-state index in [0.717, 1.165) is 36.8 Å². The molecule has 0 aromatic heterocycles. The summed E-state index contributed by atoms with van der Waals surface area (Å²) in [7, 11) is 1.38. The van der Waals surface area contributed by atoms with Crippen molar-refractivity contribution < 1.29 is 19.1 Å². The Bertz CT molecular complexity index is 823. The number of methoxy groups -OCH3 is 1. The van der Waals surface area contributed by atoms with E-state index in [1.807, 2.05) is 17.0 Å². The minimum atomic E-state index is -0.379. The lowest BCUT2D eigenvalue weighted by Gasteiger charge is -2.37. The normalized spacial score (nSPS) is 24.0. The summed E-state index contributed by atoms with van der Waals surface area (Å²) in [5, 5.41) is 3.05. The fourth-order valence-electron chi connectivity index (χ4n) is 4.25. The minimum absolute atomic E-state index is 0.00959. The molecule has 0 unspecified atom stereocenters. The van der Waals surface area contributed by atoms with Crippen molar-refractivity contribution in [3.63, 3.8) is 0 Å². The molecule has 2 heterocycles. The number of urea groups is 1. The van der Waals surface area contributed by atoms with Gasteiger partial charge in [-0.1, -0.05) is 24.3 Å². The number of Topliss-reactive ketones (excluding diaryl/α,β-unsaturated/α-hetero) is 1. The van der Waals surface area contributed by atoms with Gasteiger partial charge in [-0.3, -0.25) is 4.79 Å². The molecule has 3 aliphatic rings. The van der Waals surface area contributed by atoms with Crippen LogP contribution in [0.2, 0.25) is 0 Å². The second-order valence-corrected chi connectivity index (χ2v) is 7.60. The van der Waals surface area contributed by atoms with E-state index in [9.17, 15) is 14.4 Å². The number of nitrogens with one attached hydrogen (secondary N) is 1. The van der Waals surface area contributed by atoms with E-state index in [2.05, 4.69) is 5.32 Å². The van der Waals surface area contributed by atoms with Crippen molar-refractivity contribution in [1.82, 2.24) is 10.2 Å². The molecule has 2 amide bonds. The van der Waals surface area contributed by atoms with Crippen LogP contribution in [0.15, 0.2) is 29.8 Å². The highest BCUT2D eigenvalue weighted by atomic mass is 16.5. The van der Waals surface area contributed by atoms with Gasteiger partial charge in [0.25, 0.3) is 0 Å². The fraction of sp³-hybridized carbons (Fsp3) is 0.476. The van der Waals surface area contributed by atoms with Crippen LogP contribution in [-0.2, 0) is 9.53 Å². The lowest BCUT2D eigenvalue weighted by Crippen LogP contribution is -2.51. The Morgan fingerprint density at radius 2 is 1.78 bits per heavy atom. The summed E-state index contributed by atoms with van der Waals surface area (Å²) in [6.45, 7) is 1.53. The third kappa shape index (κ3) is 3.24. The molecular formula is C21H24N2O4. The van der Waals surface area contributed by atoms with Gasteiger partial charge >= 0.3 is 12.0 Å². The topological polar surface area (TPSA) is 75.7 Å². The molecule has 27 heavy (non-hydrogen) atoms. The molecule has 2 atom stereocenters. The Morgan fingerprint density at radius 3 is 2.37 bits per heavy atom. The van der Waals surface area contributed by atoms with Crippen LogP contribution in [-0.4, -0.2) is 47.9 Å². The zero-order valence-electron chi connectivity index (χ0n) is 15.7. The second-order valence-electron chi connectivity index (χ2n) is 7.60. The molecule has 142 valence electrons. The van der Waals surface area contributed by atoms with Gasteiger partial charge < -0.3 is 15.0 Å². The predicted octanol–water partition coefficient (Wildman–Crippen LogP) is 2.92. The van der Waals surface area contributed by atoms with Crippen molar-refractivity contribution in [3.8, 4) is 0 Å². The molecule has 6 nitrogen and oxygen atoms in total. The standard InChI is InChI=1S/C21H24N2O4/c1-12(24)13-3-5-14(6-4-13)17-11-16-9-10-18(19(17)20(25)27-2)23(16)21(26)22-15-7-8-15/h3-6,15-16,18H,7-11H2,1-2H3,(H,22,26)/t16-,18+/m1/s1. The number of ether oxygens (including phenoxy) is 1. The van der Waals surface area contributed by atoms with E-state index >= 15 is 0 Å². The Morgan fingerprint density at radius 1 is 1.07 bits per heavy atom. The molecule has 1 N–H and O–H groups in total. The minimum Gasteiger partial charge on any atom is -0.466 e. The van der Waals surface area contributed by atoms with Gasteiger partial charge in [-0.2, -0.15) is 0 Å². The number of carbonyl (C=O) groups is 3. The zero-order valence-corrected chi connectivity index (χ0v) is 15.7. The molecule has 4 rings (SSSR count). The predicted molar refractivity (Wildman–Crippen MR) is 100 cm³/mol. The van der Waals surface area contributed by atoms with Gasteiger partial charge in [-0.05, 0) is 50.2 Å². The Kier molecular flexibility index (Phi) is 4.50. The molecule has 6 heteroatoms. The SMILES string of the molecule is COC(=O)C1=C(c2ccc(C(C)=O)cc2)C[C@H]2CC[C@@H]1N2C(=O)NC1CC1. The molecule has 2 fully saturated rings. The molecule has 0 spiro atoms. The first-order chi connectivity index (χ1) is 13.0. The van der Waals surface area contributed by atoms with Crippen LogP contribution >= 0.6 is 0 Å². The van der Waals surface area contributed by atoms with Gasteiger partial charge in [0.15, 0.2) is 5.78 Å². The fourth-order valence-corrected chi connectivity index (χ4v) is 4.25. The molecule has 1 aliphatic carbocycles. The first kappa shape index (κ1) is 17.8. The quantitative estimate of drug-likeness (QED) is 0.655. The highest BCUT2D eigenvalue weighted by Crippen LogP contribution is 2.43. The smallest absolute Gasteiger partial charge is 0.336 e. The van der Waals surface area contributed by atoms with Gasteiger partial charge in [0.1, 0.15) is 0 Å². The monoisotopic (exact) mass is 368 g/mol. The summed E-state index contributed by atoms with van der Waals surface area (Å²) >= 11 is 0. The number of esters is 1. The molecular weight excluding hydrogens is 344 g/mol. The largest absolute Gasteiger partial charge is 0.466 e. The molecule has 1 saturated carbocycles. The number of rotatable bonds is 4. The van der Waals surface area contributed by atoms with Crippen LogP contribution < -0.4 is 5.32 Å². The average Bonchev–Trinajstić information content (AvgIpc) is 3.43. The van der Waals surface area contributed by atoms with E-state index in [-0.39, 0.29) is 35.9 Å². The molecule has 1 aromatic carbocycles. The summed E-state index contributed by atoms with van der Waals surface area (Å²) in [5.41, 5.74) is 3.07. The number of hydrogen-bond acceptors (Lipinski definition) is 4. The van der Waals surface area contributed by atoms with E-state index in [1.165, 1.54) is 14.0 Å². The van der Waals surface area contributed by atoms with Crippen LogP contribution in [0.3, 0.4) is 0 Å². The van der Waals surface area contributed by atoms with E-state index in [1.54, 1.807) is 12.1 Å². The number of ketones is 1. The van der Waals surface area contributed by atoms with Crippen LogP contribution in [0.4, 0.5) is 4.79 Å². The highest BCUT2D eigenvalue weighted by Gasteiger charge is 2.47. The average molecular weight is 368 g/mol. The van der Waals surface area contributed by atoms with Gasteiger partial charge in [-0.15, -0.1) is 0 Å². The highest BCUT2D eigenvalue weighted by molar-refractivity contribution is 6.01. The van der Waals surface area contributed by atoms with Crippen molar-refractivity contribution in [2.75, 3.05) is 7.11 Å². The van der Waals surface area contributed by atoms with Crippen LogP contribution in [0.5, 0.6) is 0 Å². The molecule has 2 aliphatic heterocycles. The Balaban J connectivity index is 1.71. The summed E-state index contributed by atoms with van der Waals surface area (Å²) in [6.07, 6.45) is 4.32. The maximum Gasteiger partial charge on any atom is 0.336 e. The summed E-state index contributed by atoms with van der Waals surface area (Å²) < 4.78 is 5.07. The second kappa shape index (κ2) is 6.83. The van der Waals surface area contributed by atoms with Crippen molar-refractivity contribution in [2.24, 2.45) is 0 Å². The maximum absolute atomic E-state index is 12.7. The number of nitrogens with zero attached hydrogens (tertiary/aromatic N) is 1. The first-order valence-corrected chi connectivity index (χ1v) is 9.51. The molecule has 0 radical (unpaired) electrons. The molecule has 1 aromatic rings. The number of fused-ring (bicyclic) bond motifs is 2. The van der Waals surface area contributed by atoms with Crippen molar-refractivity contribution >= 4 is 23.4 Å². The van der Waals surface area contributed by atoms with Crippen LogP contribution in [0.1, 0.15) is 54.9 Å². The van der Waals surface area contributed by atoms with E-state index in [0.29, 0.717) is 17.6 Å².